The quantitative estimate of drug-likeness (QED) is 0.445. The summed E-state index contributed by atoms with van der Waals surface area (Å²) in [6.07, 6.45) is 0. The third-order valence-corrected chi connectivity index (χ3v) is 4.11. The number of carbonyl (C=O) groups excluding carboxylic acids is 2. The van der Waals surface area contributed by atoms with Crippen molar-refractivity contribution in [3.8, 4) is 0 Å². The lowest BCUT2D eigenvalue weighted by Crippen LogP contribution is -2.39. The summed E-state index contributed by atoms with van der Waals surface area (Å²) in [6, 6.07) is -0.346. The van der Waals surface area contributed by atoms with Crippen LogP contribution in [0.3, 0.4) is 0 Å². The lowest BCUT2D eigenvalue weighted by atomic mass is 10.4. The fourth-order valence-corrected chi connectivity index (χ4v) is 2.81. The van der Waals surface area contributed by atoms with Gasteiger partial charge in [-0.05, 0) is 13.8 Å². The highest BCUT2D eigenvalue weighted by atomic mass is 32.1. The number of hydrogen-bond donors (Lipinski definition) is 2. The van der Waals surface area contributed by atoms with E-state index in [1.807, 2.05) is 31.2 Å². The summed E-state index contributed by atoms with van der Waals surface area (Å²) in [4.78, 5) is 35.1. The van der Waals surface area contributed by atoms with Crippen LogP contribution in [0.2, 0.25) is 0 Å². The van der Waals surface area contributed by atoms with E-state index in [1.165, 1.54) is 4.90 Å². The maximum absolute atomic E-state index is 11.5. The number of guanidine groups is 1. The molecule has 2 rings (SSSR count). The van der Waals surface area contributed by atoms with Gasteiger partial charge in [-0.3, -0.25) is 14.7 Å². The van der Waals surface area contributed by atoms with Gasteiger partial charge in [-0.1, -0.05) is 0 Å². The van der Waals surface area contributed by atoms with Crippen molar-refractivity contribution in [1.29, 1.82) is 0 Å². The lowest BCUT2D eigenvalue weighted by Gasteiger charge is -2.21. The van der Waals surface area contributed by atoms with E-state index in [1.54, 1.807) is 11.3 Å². The van der Waals surface area contributed by atoms with Crippen LogP contribution < -0.4 is 10.6 Å². The second-order valence-corrected chi connectivity index (χ2v) is 6.22. The van der Waals surface area contributed by atoms with E-state index in [9.17, 15) is 9.59 Å². The molecule has 2 N–H and O–H groups in total. The first-order valence-electron chi connectivity index (χ1n) is 7.50. The molecule has 0 atom stereocenters. The molecule has 1 aliphatic rings. The summed E-state index contributed by atoms with van der Waals surface area (Å²) in [6.45, 7) is 6.08. The van der Waals surface area contributed by atoms with Gasteiger partial charge in [0, 0.05) is 19.0 Å². The van der Waals surface area contributed by atoms with E-state index >= 15 is 0 Å². The summed E-state index contributed by atoms with van der Waals surface area (Å²) in [7, 11) is 1.93. The first-order valence-corrected chi connectivity index (χ1v) is 8.38. The van der Waals surface area contributed by atoms with Gasteiger partial charge in [-0.15, -0.1) is 11.3 Å². The number of hydrogen-bond acceptors (Lipinski definition) is 5. The minimum absolute atomic E-state index is 0.0751. The van der Waals surface area contributed by atoms with E-state index in [0.717, 1.165) is 23.2 Å². The van der Waals surface area contributed by atoms with Gasteiger partial charge in [-0.2, -0.15) is 0 Å². The minimum atomic E-state index is -0.346. The fourth-order valence-electron chi connectivity index (χ4n) is 2.21. The summed E-state index contributed by atoms with van der Waals surface area (Å²) in [5, 5.41) is 8.77. The third kappa shape index (κ3) is 4.65. The number of aryl methyl sites for hydroxylation is 1. The Bertz CT molecular complexity index is 584. The molecule has 1 aliphatic heterocycles. The predicted octanol–water partition coefficient (Wildman–Crippen LogP) is 0.401. The molecule has 3 amide bonds. The van der Waals surface area contributed by atoms with Crippen molar-refractivity contribution in [3.05, 3.63) is 16.1 Å². The molecule has 1 fully saturated rings. The van der Waals surface area contributed by atoms with Crippen molar-refractivity contribution in [2.75, 3.05) is 33.2 Å². The number of urea groups is 1. The Hall–Kier alpha value is -2.16. The third-order valence-electron chi connectivity index (χ3n) is 3.28. The van der Waals surface area contributed by atoms with Gasteiger partial charge in [0.2, 0.25) is 5.91 Å². The largest absolute Gasteiger partial charge is 0.357 e. The Morgan fingerprint density at radius 2 is 2.35 bits per heavy atom. The zero-order chi connectivity index (χ0) is 16.8. The van der Waals surface area contributed by atoms with Gasteiger partial charge in [0.1, 0.15) is 0 Å². The highest BCUT2D eigenvalue weighted by Crippen LogP contribution is 2.09. The first kappa shape index (κ1) is 17.2. The van der Waals surface area contributed by atoms with Crippen LogP contribution in [0.1, 0.15) is 17.6 Å². The Morgan fingerprint density at radius 1 is 1.57 bits per heavy atom. The predicted molar refractivity (Wildman–Crippen MR) is 89.4 cm³/mol. The van der Waals surface area contributed by atoms with E-state index in [2.05, 4.69) is 20.6 Å². The van der Waals surface area contributed by atoms with Crippen molar-refractivity contribution in [2.45, 2.75) is 20.4 Å². The highest BCUT2D eigenvalue weighted by molar-refractivity contribution is 7.09. The Morgan fingerprint density at radius 3 is 2.91 bits per heavy atom. The molecule has 9 heteroatoms. The molecule has 0 aromatic carbocycles. The highest BCUT2D eigenvalue weighted by Gasteiger charge is 2.27. The van der Waals surface area contributed by atoms with Crippen molar-refractivity contribution in [2.24, 2.45) is 4.99 Å². The first-order chi connectivity index (χ1) is 11.0. The second kappa shape index (κ2) is 7.91. The molecule has 1 saturated heterocycles. The SMILES string of the molecule is CCNC(=NCCN1C(=O)CNC1=O)N(C)Cc1csc(C)n1. The van der Waals surface area contributed by atoms with E-state index < -0.39 is 0 Å². The average Bonchev–Trinajstić information content (AvgIpc) is 3.05. The molecule has 1 aromatic rings. The molecule has 126 valence electrons. The van der Waals surface area contributed by atoms with Crippen molar-refractivity contribution >= 4 is 29.2 Å². The number of nitrogens with zero attached hydrogens (tertiary/aromatic N) is 4. The maximum atomic E-state index is 11.5. The van der Waals surface area contributed by atoms with Crippen LogP contribution in [0.25, 0.3) is 0 Å². The molecule has 1 aromatic heterocycles. The van der Waals surface area contributed by atoms with Crippen LogP contribution in [0, 0.1) is 6.92 Å². The van der Waals surface area contributed by atoms with Crippen LogP contribution in [0.4, 0.5) is 4.79 Å². The number of aromatic nitrogens is 1. The van der Waals surface area contributed by atoms with Gasteiger partial charge < -0.3 is 15.5 Å². The van der Waals surface area contributed by atoms with Crippen LogP contribution in [0.5, 0.6) is 0 Å². The van der Waals surface area contributed by atoms with E-state index in [4.69, 9.17) is 0 Å². The number of thiazole rings is 1. The van der Waals surface area contributed by atoms with Crippen molar-refractivity contribution < 1.29 is 9.59 Å². The molecule has 8 nitrogen and oxygen atoms in total. The number of nitrogens with one attached hydrogen (secondary N) is 2. The molecule has 0 radical (unpaired) electrons. The van der Waals surface area contributed by atoms with Gasteiger partial charge >= 0.3 is 6.03 Å². The smallest absolute Gasteiger partial charge is 0.324 e. The Kier molecular flexibility index (Phi) is 5.91. The second-order valence-electron chi connectivity index (χ2n) is 5.15. The van der Waals surface area contributed by atoms with Gasteiger partial charge in [0.05, 0.1) is 36.9 Å². The maximum Gasteiger partial charge on any atom is 0.324 e. The van der Waals surface area contributed by atoms with Crippen LogP contribution in [0.15, 0.2) is 10.4 Å². The number of carbonyl (C=O) groups is 2. The normalized spacial score (nSPS) is 15.1. The topological polar surface area (TPSA) is 89.9 Å². The minimum Gasteiger partial charge on any atom is -0.357 e. The summed E-state index contributed by atoms with van der Waals surface area (Å²) in [5.41, 5.74) is 0.995. The zero-order valence-corrected chi connectivity index (χ0v) is 14.4. The Labute approximate surface area is 139 Å². The molecule has 0 unspecified atom stereocenters. The lowest BCUT2D eigenvalue weighted by molar-refractivity contribution is -0.124. The number of amides is 3. The van der Waals surface area contributed by atoms with Crippen molar-refractivity contribution in [1.82, 2.24) is 25.4 Å². The molecular weight excluding hydrogens is 316 g/mol. The average molecular weight is 338 g/mol. The molecule has 0 aliphatic carbocycles. The molecule has 2 heterocycles. The standard InChI is InChI=1S/C14H22N6O2S/c1-4-15-13(19(3)8-11-9-23-10(2)18-11)16-5-6-20-12(21)7-17-14(20)22/h9H,4-8H2,1-3H3,(H,15,16)(H,17,22). The van der Waals surface area contributed by atoms with Gasteiger partial charge in [0.15, 0.2) is 5.96 Å². The molecule has 23 heavy (non-hydrogen) atoms. The molecule has 0 spiro atoms. The van der Waals surface area contributed by atoms with Gasteiger partial charge in [-0.25, -0.2) is 9.78 Å². The zero-order valence-electron chi connectivity index (χ0n) is 13.6. The Balaban J connectivity index is 1.93. The van der Waals surface area contributed by atoms with Crippen LogP contribution in [-0.4, -0.2) is 65.9 Å². The van der Waals surface area contributed by atoms with Gasteiger partial charge in [0.25, 0.3) is 0 Å². The molecular formula is C14H22N6O2S. The molecule has 0 saturated carbocycles. The summed E-state index contributed by atoms with van der Waals surface area (Å²) >= 11 is 1.62. The van der Waals surface area contributed by atoms with Crippen molar-refractivity contribution in [3.63, 3.8) is 0 Å². The van der Waals surface area contributed by atoms with E-state index in [-0.39, 0.29) is 25.0 Å². The number of rotatable bonds is 6. The molecule has 0 bridgehead atoms. The summed E-state index contributed by atoms with van der Waals surface area (Å²) in [5.74, 6) is 0.520. The van der Waals surface area contributed by atoms with Crippen LogP contribution in [-0.2, 0) is 11.3 Å². The monoisotopic (exact) mass is 338 g/mol. The fraction of sp³-hybridized carbons (Fsp3) is 0.571. The number of imide groups is 1. The summed E-state index contributed by atoms with van der Waals surface area (Å²) < 4.78 is 0. The van der Waals surface area contributed by atoms with E-state index in [0.29, 0.717) is 13.1 Å². The number of aliphatic imine (C=N–C) groups is 1. The van der Waals surface area contributed by atoms with Crippen LogP contribution >= 0.6 is 11.3 Å².